The lowest BCUT2D eigenvalue weighted by molar-refractivity contribution is 0.244. The Kier molecular flexibility index (Phi) is 5.67. The third kappa shape index (κ3) is 4.51. The standard InChI is InChI=1S/C20H19F3N4O/c1-11(2)28-16-7-5-4-6-14(16)26-17-10-18(25-12(3)24-17)27-15-9-8-13(21)19(22)20(15)23/h4-11H,1-3H3,(H2,24,25,26,27). The number of hydrogen-bond acceptors (Lipinski definition) is 5. The van der Waals surface area contributed by atoms with Gasteiger partial charge in [0.15, 0.2) is 17.5 Å². The van der Waals surface area contributed by atoms with E-state index in [-0.39, 0.29) is 17.6 Å². The zero-order chi connectivity index (χ0) is 20.3. The first-order valence-electron chi connectivity index (χ1n) is 8.62. The molecule has 0 aliphatic carbocycles. The summed E-state index contributed by atoms with van der Waals surface area (Å²) in [5.74, 6) is -2.42. The van der Waals surface area contributed by atoms with Crippen LogP contribution in [-0.4, -0.2) is 16.1 Å². The number of aromatic nitrogens is 2. The average molecular weight is 388 g/mol. The number of benzene rings is 2. The van der Waals surface area contributed by atoms with Crippen LogP contribution < -0.4 is 15.4 Å². The summed E-state index contributed by atoms with van der Waals surface area (Å²) in [6, 6.07) is 10.8. The number of hydrogen-bond donors (Lipinski definition) is 2. The molecule has 0 spiro atoms. The van der Waals surface area contributed by atoms with Gasteiger partial charge in [0.25, 0.3) is 0 Å². The van der Waals surface area contributed by atoms with E-state index in [1.54, 1.807) is 6.92 Å². The number of nitrogens with one attached hydrogen (secondary N) is 2. The first-order valence-corrected chi connectivity index (χ1v) is 8.62. The Hall–Kier alpha value is -3.29. The van der Waals surface area contributed by atoms with Crippen molar-refractivity contribution in [2.24, 2.45) is 0 Å². The summed E-state index contributed by atoms with van der Waals surface area (Å²) in [5, 5.41) is 5.79. The summed E-state index contributed by atoms with van der Waals surface area (Å²) in [6.07, 6.45) is -0.0105. The van der Waals surface area contributed by atoms with Crippen molar-refractivity contribution in [2.45, 2.75) is 26.9 Å². The number of aryl methyl sites for hydroxylation is 1. The molecule has 2 N–H and O–H groups in total. The molecule has 1 heterocycles. The number of nitrogens with zero attached hydrogens (tertiary/aromatic N) is 2. The lowest BCUT2D eigenvalue weighted by Crippen LogP contribution is -2.08. The first kappa shape index (κ1) is 19.5. The minimum absolute atomic E-state index is 0.0105. The van der Waals surface area contributed by atoms with Gasteiger partial charge in [0.05, 0.1) is 17.5 Å². The molecule has 8 heteroatoms. The van der Waals surface area contributed by atoms with E-state index in [0.29, 0.717) is 23.1 Å². The minimum atomic E-state index is -1.55. The molecule has 0 amide bonds. The summed E-state index contributed by atoms with van der Waals surface area (Å²) in [5.41, 5.74) is 0.464. The number of anilines is 4. The van der Waals surface area contributed by atoms with Gasteiger partial charge in [0.2, 0.25) is 0 Å². The lowest BCUT2D eigenvalue weighted by Gasteiger charge is -2.16. The predicted octanol–water partition coefficient (Wildman–Crippen LogP) is 5.48. The van der Waals surface area contributed by atoms with Gasteiger partial charge in [-0.25, -0.2) is 23.1 Å². The Morgan fingerprint density at radius 3 is 2.18 bits per heavy atom. The molecule has 0 unspecified atom stereocenters. The van der Waals surface area contributed by atoms with Gasteiger partial charge in [-0.2, -0.15) is 0 Å². The topological polar surface area (TPSA) is 59.1 Å². The van der Waals surface area contributed by atoms with Crippen LogP contribution in [0.3, 0.4) is 0 Å². The van der Waals surface area contributed by atoms with E-state index in [1.807, 2.05) is 38.1 Å². The highest BCUT2D eigenvalue weighted by molar-refractivity contribution is 5.67. The molecule has 146 valence electrons. The van der Waals surface area contributed by atoms with Gasteiger partial charge in [-0.15, -0.1) is 0 Å². The molecule has 0 aliphatic heterocycles. The van der Waals surface area contributed by atoms with Crippen molar-refractivity contribution in [3.05, 3.63) is 65.7 Å². The second kappa shape index (κ2) is 8.16. The fourth-order valence-electron chi connectivity index (χ4n) is 2.52. The normalized spacial score (nSPS) is 10.8. The molecule has 28 heavy (non-hydrogen) atoms. The number of para-hydroxylation sites is 2. The third-order valence-electron chi connectivity index (χ3n) is 3.65. The Morgan fingerprint density at radius 1 is 0.857 bits per heavy atom. The molecule has 3 rings (SSSR count). The van der Waals surface area contributed by atoms with E-state index >= 15 is 0 Å². The second-order valence-corrected chi connectivity index (χ2v) is 6.32. The highest BCUT2D eigenvalue weighted by Gasteiger charge is 2.14. The SMILES string of the molecule is Cc1nc(Nc2ccccc2OC(C)C)cc(Nc2ccc(F)c(F)c2F)n1. The largest absolute Gasteiger partial charge is 0.489 e. The molecule has 3 aromatic rings. The highest BCUT2D eigenvalue weighted by Crippen LogP contribution is 2.29. The summed E-state index contributed by atoms with van der Waals surface area (Å²) < 4.78 is 46.2. The number of ether oxygens (including phenoxy) is 1. The first-order chi connectivity index (χ1) is 13.3. The van der Waals surface area contributed by atoms with Gasteiger partial charge in [0, 0.05) is 6.07 Å². The van der Waals surface area contributed by atoms with Gasteiger partial charge >= 0.3 is 0 Å². The van der Waals surface area contributed by atoms with Gasteiger partial charge in [-0.1, -0.05) is 12.1 Å². The van der Waals surface area contributed by atoms with Gasteiger partial charge < -0.3 is 15.4 Å². The van der Waals surface area contributed by atoms with Crippen LogP contribution in [0.4, 0.5) is 36.2 Å². The average Bonchev–Trinajstić information content (AvgIpc) is 2.63. The van der Waals surface area contributed by atoms with Crippen LogP contribution in [0, 0.1) is 24.4 Å². The van der Waals surface area contributed by atoms with Crippen LogP contribution in [-0.2, 0) is 0 Å². The van der Waals surface area contributed by atoms with Crippen molar-refractivity contribution in [3.8, 4) is 5.75 Å². The van der Waals surface area contributed by atoms with Gasteiger partial charge in [-0.05, 0) is 45.0 Å². The monoisotopic (exact) mass is 388 g/mol. The van der Waals surface area contributed by atoms with E-state index in [2.05, 4.69) is 20.6 Å². The third-order valence-corrected chi connectivity index (χ3v) is 3.65. The molecule has 0 saturated heterocycles. The molecular formula is C20H19F3N4O. The van der Waals surface area contributed by atoms with Crippen LogP contribution in [0.15, 0.2) is 42.5 Å². The molecule has 0 fully saturated rings. The molecule has 0 saturated carbocycles. The van der Waals surface area contributed by atoms with Crippen molar-refractivity contribution >= 4 is 23.0 Å². The zero-order valence-electron chi connectivity index (χ0n) is 15.6. The highest BCUT2D eigenvalue weighted by atomic mass is 19.2. The van der Waals surface area contributed by atoms with Crippen LogP contribution in [0.5, 0.6) is 5.75 Å². The summed E-state index contributed by atoms with van der Waals surface area (Å²) in [7, 11) is 0. The van der Waals surface area contributed by atoms with Crippen LogP contribution in [0.2, 0.25) is 0 Å². The van der Waals surface area contributed by atoms with Gasteiger partial charge in [-0.3, -0.25) is 0 Å². The summed E-state index contributed by atoms with van der Waals surface area (Å²) in [6.45, 7) is 5.50. The quantitative estimate of drug-likeness (QED) is 0.548. The smallest absolute Gasteiger partial charge is 0.196 e. The van der Waals surface area contributed by atoms with Crippen LogP contribution >= 0.6 is 0 Å². The zero-order valence-corrected chi connectivity index (χ0v) is 15.6. The number of halogens is 3. The van der Waals surface area contributed by atoms with Crippen molar-refractivity contribution in [3.63, 3.8) is 0 Å². The molecule has 0 atom stereocenters. The molecule has 0 aliphatic rings. The molecule has 0 radical (unpaired) electrons. The number of rotatable bonds is 6. The van der Waals surface area contributed by atoms with Crippen molar-refractivity contribution in [2.75, 3.05) is 10.6 Å². The Bertz CT molecular complexity index is 995. The Morgan fingerprint density at radius 2 is 1.50 bits per heavy atom. The van der Waals surface area contributed by atoms with E-state index in [9.17, 15) is 13.2 Å². The maximum absolute atomic E-state index is 13.9. The lowest BCUT2D eigenvalue weighted by atomic mass is 10.2. The summed E-state index contributed by atoms with van der Waals surface area (Å²) >= 11 is 0. The van der Waals surface area contributed by atoms with E-state index in [0.717, 1.165) is 12.1 Å². The van der Waals surface area contributed by atoms with E-state index in [4.69, 9.17) is 4.74 Å². The van der Waals surface area contributed by atoms with E-state index < -0.39 is 17.5 Å². The van der Waals surface area contributed by atoms with Crippen molar-refractivity contribution in [1.82, 2.24) is 9.97 Å². The fourth-order valence-corrected chi connectivity index (χ4v) is 2.52. The van der Waals surface area contributed by atoms with Crippen molar-refractivity contribution in [1.29, 1.82) is 0 Å². The maximum Gasteiger partial charge on any atom is 0.196 e. The second-order valence-electron chi connectivity index (χ2n) is 6.32. The van der Waals surface area contributed by atoms with Crippen molar-refractivity contribution < 1.29 is 17.9 Å². The molecule has 5 nitrogen and oxygen atoms in total. The van der Waals surface area contributed by atoms with E-state index in [1.165, 1.54) is 6.07 Å². The molecule has 0 bridgehead atoms. The Balaban J connectivity index is 1.88. The fraction of sp³-hybridized carbons (Fsp3) is 0.200. The molecule has 1 aromatic heterocycles. The minimum Gasteiger partial charge on any atom is -0.489 e. The Labute approximate surface area is 160 Å². The van der Waals surface area contributed by atoms with Crippen LogP contribution in [0.25, 0.3) is 0 Å². The molecular weight excluding hydrogens is 369 g/mol. The summed E-state index contributed by atoms with van der Waals surface area (Å²) in [4.78, 5) is 8.46. The van der Waals surface area contributed by atoms with Crippen LogP contribution in [0.1, 0.15) is 19.7 Å². The van der Waals surface area contributed by atoms with Gasteiger partial charge in [0.1, 0.15) is 23.2 Å². The predicted molar refractivity (Wildman–Crippen MR) is 102 cm³/mol. The maximum atomic E-state index is 13.9. The molecule has 2 aromatic carbocycles.